The van der Waals surface area contributed by atoms with Gasteiger partial charge in [-0.15, -0.1) is 0 Å². The maximum Gasteiger partial charge on any atom is 0.238 e. The molecule has 0 aliphatic heterocycles. The lowest BCUT2D eigenvalue weighted by atomic mass is 10.2. The van der Waals surface area contributed by atoms with Gasteiger partial charge in [0.05, 0.1) is 4.90 Å². The zero-order valence-corrected chi connectivity index (χ0v) is 7.77. The van der Waals surface area contributed by atoms with Crippen LogP contribution in [0.5, 0.6) is 0 Å². The van der Waals surface area contributed by atoms with Crippen molar-refractivity contribution in [2.24, 2.45) is 5.14 Å². The summed E-state index contributed by atoms with van der Waals surface area (Å²) in [6, 6.07) is 5.93. The van der Waals surface area contributed by atoms with Gasteiger partial charge in [-0.3, -0.25) is 0 Å². The Morgan fingerprint density at radius 2 is 2.00 bits per heavy atom. The predicted octanol–water partition coefficient (Wildman–Crippen LogP) is 0.751. The monoisotopic (exact) mass is 184 g/mol. The van der Waals surface area contributed by atoms with E-state index in [1.54, 1.807) is 13.0 Å². The summed E-state index contributed by atoms with van der Waals surface area (Å²) in [5.41, 5.74) is 1.56. The first-order valence-corrected chi connectivity index (χ1v) is 4.97. The van der Waals surface area contributed by atoms with Crippen LogP contribution in [0.4, 0.5) is 0 Å². The summed E-state index contributed by atoms with van der Waals surface area (Å²) in [4.78, 5) is 0.146. The molecule has 0 saturated carbocycles. The average molecular weight is 184 g/mol. The molecule has 0 amide bonds. The average Bonchev–Trinajstić information content (AvgIpc) is 1.83. The summed E-state index contributed by atoms with van der Waals surface area (Å²) in [5.74, 6) is 0. The Balaban J connectivity index is 3.39. The first kappa shape index (κ1) is 9.22. The summed E-state index contributed by atoms with van der Waals surface area (Å²) in [6.07, 6.45) is 0. The van der Waals surface area contributed by atoms with E-state index < -0.39 is 10.0 Å². The Labute approximate surface area is 72.3 Å². The number of primary sulfonamides is 1. The molecular formula is C8H10NO2S. The Hall–Kier alpha value is -0.870. The minimum atomic E-state index is -3.58. The molecule has 0 atom stereocenters. The van der Waals surface area contributed by atoms with Crippen LogP contribution in [0.15, 0.2) is 17.0 Å². The number of sulfonamides is 1. The highest BCUT2D eigenvalue weighted by atomic mass is 32.2. The third-order valence-corrected chi connectivity index (χ3v) is 2.61. The van der Waals surface area contributed by atoms with E-state index >= 15 is 0 Å². The van der Waals surface area contributed by atoms with Gasteiger partial charge in [-0.2, -0.15) is 0 Å². The first-order chi connectivity index (χ1) is 5.41. The topological polar surface area (TPSA) is 60.2 Å². The largest absolute Gasteiger partial charge is 0.238 e. The van der Waals surface area contributed by atoms with E-state index in [0.717, 1.165) is 5.56 Å². The third kappa shape index (κ3) is 1.84. The Morgan fingerprint density at radius 3 is 2.42 bits per heavy atom. The van der Waals surface area contributed by atoms with Crippen LogP contribution in [0.1, 0.15) is 11.1 Å². The highest BCUT2D eigenvalue weighted by Crippen LogP contribution is 2.13. The van der Waals surface area contributed by atoms with Gasteiger partial charge < -0.3 is 0 Å². The standard InChI is InChI=1S/C8H10NO2S/c1-6-3-4-8(7(2)5-6)12(9,10)11/h4-5H,1-2H3,(H2,9,10,11). The van der Waals surface area contributed by atoms with Crippen LogP contribution in [-0.2, 0) is 10.0 Å². The van der Waals surface area contributed by atoms with Crippen LogP contribution in [0.25, 0.3) is 0 Å². The molecule has 0 aromatic heterocycles. The van der Waals surface area contributed by atoms with Gasteiger partial charge in [0.25, 0.3) is 0 Å². The van der Waals surface area contributed by atoms with E-state index in [0.29, 0.717) is 5.56 Å². The Kier molecular flexibility index (Phi) is 2.21. The molecule has 65 valence electrons. The number of benzene rings is 1. The number of rotatable bonds is 1. The second kappa shape index (κ2) is 2.88. The fourth-order valence-electron chi connectivity index (χ4n) is 1.04. The fourth-order valence-corrected chi connectivity index (χ4v) is 1.77. The second-order valence-corrected chi connectivity index (χ2v) is 4.24. The summed E-state index contributed by atoms with van der Waals surface area (Å²) >= 11 is 0. The van der Waals surface area contributed by atoms with Crippen LogP contribution in [0.2, 0.25) is 0 Å². The molecule has 1 radical (unpaired) electrons. The summed E-state index contributed by atoms with van der Waals surface area (Å²) in [7, 11) is -3.58. The van der Waals surface area contributed by atoms with Crippen molar-refractivity contribution in [3.8, 4) is 0 Å². The van der Waals surface area contributed by atoms with E-state index in [-0.39, 0.29) is 4.90 Å². The molecule has 1 rings (SSSR count). The van der Waals surface area contributed by atoms with Gasteiger partial charge in [0.2, 0.25) is 10.0 Å². The minimum absolute atomic E-state index is 0.146. The molecule has 0 unspecified atom stereocenters. The van der Waals surface area contributed by atoms with Crippen LogP contribution in [0.3, 0.4) is 0 Å². The molecule has 0 aliphatic carbocycles. The normalized spacial score (nSPS) is 11.6. The number of aryl methyl sites for hydroxylation is 2. The minimum Gasteiger partial charge on any atom is -0.225 e. The molecule has 0 aliphatic rings. The van der Waals surface area contributed by atoms with Crippen LogP contribution in [-0.4, -0.2) is 8.42 Å². The van der Waals surface area contributed by atoms with Crippen LogP contribution < -0.4 is 5.14 Å². The number of hydrogen-bond donors (Lipinski definition) is 1. The van der Waals surface area contributed by atoms with Crippen molar-refractivity contribution in [3.63, 3.8) is 0 Å². The van der Waals surface area contributed by atoms with Crippen molar-refractivity contribution in [2.45, 2.75) is 18.7 Å². The van der Waals surface area contributed by atoms with Crippen molar-refractivity contribution in [3.05, 3.63) is 29.3 Å². The molecule has 0 spiro atoms. The number of nitrogens with two attached hydrogens (primary N) is 1. The van der Waals surface area contributed by atoms with Crippen molar-refractivity contribution in [1.29, 1.82) is 0 Å². The molecule has 4 heteroatoms. The smallest absolute Gasteiger partial charge is 0.225 e. The zero-order valence-electron chi connectivity index (χ0n) is 6.96. The van der Waals surface area contributed by atoms with E-state index in [1.807, 2.05) is 6.92 Å². The van der Waals surface area contributed by atoms with E-state index in [1.165, 1.54) is 6.07 Å². The molecule has 0 heterocycles. The number of hydrogen-bond acceptors (Lipinski definition) is 2. The summed E-state index contributed by atoms with van der Waals surface area (Å²) < 4.78 is 21.8. The molecule has 0 bridgehead atoms. The molecule has 0 saturated heterocycles. The SMILES string of the molecule is Cc1[c]cc(S(N)(=O)=O)c(C)c1. The quantitative estimate of drug-likeness (QED) is 0.700. The van der Waals surface area contributed by atoms with E-state index in [4.69, 9.17) is 5.14 Å². The van der Waals surface area contributed by atoms with Gasteiger partial charge >= 0.3 is 0 Å². The van der Waals surface area contributed by atoms with Gasteiger partial charge in [-0.05, 0) is 37.1 Å². The second-order valence-electron chi connectivity index (χ2n) is 2.71. The fraction of sp³-hybridized carbons (Fsp3) is 0.250. The summed E-state index contributed by atoms with van der Waals surface area (Å²) in [5, 5.41) is 4.96. The Bertz CT molecular complexity index is 396. The molecule has 3 nitrogen and oxygen atoms in total. The summed E-state index contributed by atoms with van der Waals surface area (Å²) in [6.45, 7) is 3.56. The van der Waals surface area contributed by atoms with Crippen molar-refractivity contribution in [1.82, 2.24) is 0 Å². The van der Waals surface area contributed by atoms with Crippen molar-refractivity contribution >= 4 is 10.0 Å². The Morgan fingerprint density at radius 1 is 1.42 bits per heavy atom. The predicted molar refractivity (Wildman–Crippen MR) is 46.1 cm³/mol. The van der Waals surface area contributed by atoms with Crippen molar-refractivity contribution in [2.75, 3.05) is 0 Å². The molecule has 1 aromatic rings. The van der Waals surface area contributed by atoms with Crippen LogP contribution >= 0.6 is 0 Å². The van der Waals surface area contributed by atoms with Crippen molar-refractivity contribution < 1.29 is 8.42 Å². The highest BCUT2D eigenvalue weighted by molar-refractivity contribution is 7.89. The third-order valence-electron chi connectivity index (χ3n) is 1.56. The van der Waals surface area contributed by atoms with E-state index in [9.17, 15) is 8.42 Å². The van der Waals surface area contributed by atoms with Gasteiger partial charge in [0, 0.05) is 0 Å². The lowest BCUT2D eigenvalue weighted by Crippen LogP contribution is -2.13. The molecular weight excluding hydrogens is 174 g/mol. The highest BCUT2D eigenvalue weighted by Gasteiger charge is 2.10. The van der Waals surface area contributed by atoms with Gasteiger partial charge in [-0.1, -0.05) is 6.07 Å². The van der Waals surface area contributed by atoms with Gasteiger partial charge in [-0.25, -0.2) is 13.6 Å². The van der Waals surface area contributed by atoms with Gasteiger partial charge in [0.1, 0.15) is 0 Å². The molecule has 1 aromatic carbocycles. The molecule has 2 N–H and O–H groups in total. The van der Waals surface area contributed by atoms with E-state index in [2.05, 4.69) is 6.07 Å². The molecule has 12 heavy (non-hydrogen) atoms. The van der Waals surface area contributed by atoms with Gasteiger partial charge in [0.15, 0.2) is 0 Å². The van der Waals surface area contributed by atoms with Crippen LogP contribution in [0, 0.1) is 19.9 Å². The lowest BCUT2D eigenvalue weighted by Gasteiger charge is -2.02. The first-order valence-electron chi connectivity index (χ1n) is 3.43. The maximum atomic E-state index is 10.9. The maximum absolute atomic E-state index is 10.9. The zero-order chi connectivity index (χ0) is 9.35. The lowest BCUT2D eigenvalue weighted by molar-refractivity contribution is 0.597. The molecule has 0 fully saturated rings.